The van der Waals surface area contributed by atoms with E-state index in [4.69, 9.17) is 21.1 Å². The van der Waals surface area contributed by atoms with Crippen molar-refractivity contribution in [1.82, 2.24) is 4.98 Å². The Bertz CT molecular complexity index is 767. The van der Waals surface area contributed by atoms with Crippen LogP contribution in [0.1, 0.15) is 76.5 Å². The van der Waals surface area contributed by atoms with Crippen LogP contribution in [0.4, 0.5) is 5.69 Å². The highest BCUT2D eigenvalue weighted by molar-refractivity contribution is 9.10. The minimum atomic E-state index is -1.06. The minimum absolute atomic E-state index is 0.0671. The van der Waals surface area contributed by atoms with Crippen molar-refractivity contribution >= 4 is 45.5 Å². The second-order valence-corrected chi connectivity index (χ2v) is 10.1. The van der Waals surface area contributed by atoms with Crippen LogP contribution < -0.4 is 4.90 Å². The summed E-state index contributed by atoms with van der Waals surface area (Å²) in [4.78, 5) is 30.8. The molecule has 0 bridgehead atoms. The smallest absolute Gasteiger partial charge is 0.340 e. The van der Waals surface area contributed by atoms with Crippen molar-refractivity contribution in [3.63, 3.8) is 0 Å². The van der Waals surface area contributed by atoms with Crippen molar-refractivity contribution in [1.29, 1.82) is 0 Å². The van der Waals surface area contributed by atoms with E-state index < -0.39 is 17.7 Å². The Morgan fingerprint density at radius 1 is 1.34 bits per heavy atom. The summed E-state index contributed by atoms with van der Waals surface area (Å²) < 4.78 is 11.9. The average Bonchev–Trinajstić information content (AvgIpc) is 2.61. The fraction of sp³-hybridized carbons (Fsp3) is 0.667. The zero-order chi connectivity index (χ0) is 22.0. The van der Waals surface area contributed by atoms with Crippen LogP contribution in [0, 0.1) is 5.41 Å². The van der Waals surface area contributed by atoms with E-state index in [1.807, 2.05) is 20.8 Å². The molecule has 8 heteroatoms. The number of carbonyl (C=O) groups is 2. The van der Waals surface area contributed by atoms with Crippen molar-refractivity contribution in [2.75, 3.05) is 24.6 Å². The topological polar surface area (TPSA) is 68.7 Å². The highest BCUT2D eigenvalue weighted by atomic mass is 79.9. The number of anilines is 1. The van der Waals surface area contributed by atoms with Gasteiger partial charge in [-0.15, -0.1) is 0 Å². The molecule has 1 aromatic rings. The third-order valence-corrected chi connectivity index (χ3v) is 5.98. The summed E-state index contributed by atoms with van der Waals surface area (Å²) >= 11 is 10.0. The number of halogens is 2. The summed E-state index contributed by atoms with van der Waals surface area (Å²) in [5, 5.41) is 0.0671. The molecule has 0 radical (unpaired) electrons. The van der Waals surface area contributed by atoms with E-state index >= 15 is 0 Å². The lowest BCUT2D eigenvalue weighted by molar-refractivity contribution is -0.166. The number of hydrogen-bond acceptors (Lipinski definition) is 6. The number of hydrogen-bond donors (Lipinski definition) is 0. The highest BCUT2D eigenvalue weighted by Gasteiger charge is 2.37. The summed E-state index contributed by atoms with van der Waals surface area (Å²) in [6.45, 7) is 13.5. The van der Waals surface area contributed by atoms with Gasteiger partial charge in [-0.3, -0.25) is 4.79 Å². The lowest BCUT2D eigenvalue weighted by Gasteiger charge is -2.40. The van der Waals surface area contributed by atoms with E-state index in [9.17, 15) is 9.59 Å². The Hall–Kier alpha value is -1.18. The molecule has 0 aromatic carbocycles. The number of piperidine rings is 1. The molecule has 162 valence electrons. The summed E-state index contributed by atoms with van der Waals surface area (Å²) in [6, 6.07) is 0. The molecule has 0 aliphatic carbocycles. The number of rotatable bonds is 6. The van der Waals surface area contributed by atoms with Gasteiger partial charge >= 0.3 is 5.97 Å². The Morgan fingerprint density at radius 3 is 2.41 bits per heavy atom. The van der Waals surface area contributed by atoms with Gasteiger partial charge in [0.2, 0.25) is 0 Å². The van der Waals surface area contributed by atoms with Gasteiger partial charge in [0.1, 0.15) is 10.8 Å². The zero-order valence-corrected chi connectivity index (χ0v) is 20.3. The molecule has 1 atom stereocenters. The van der Waals surface area contributed by atoms with Crippen LogP contribution in [-0.2, 0) is 14.3 Å². The summed E-state index contributed by atoms with van der Waals surface area (Å²) in [7, 11) is 0. The van der Waals surface area contributed by atoms with Crippen LogP contribution in [-0.4, -0.2) is 42.5 Å². The third kappa shape index (κ3) is 5.92. The SMILES string of the molecule is CCOC(=O)[C@@H](OC(C)(C)C)c1c(Cl)nc(C=O)c(Br)c1N1CCC(C)(C)CC1. The van der Waals surface area contributed by atoms with Crippen molar-refractivity contribution in [3.05, 3.63) is 20.9 Å². The largest absolute Gasteiger partial charge is 0.464 e. The second-order valence-electron chi connectivity index (χ2n) is 9.00. The van der Waals surface area contributed by atoms with Gasteiger partial charge in [0.05, 0.1) is 27.9 Å². The van der Waals surface area contributed by atoms with E-state index in [-0.39, 0.29) is 22.9 Å². The van der Waals surface area contributed by atoms with Gasteiger partial charge in [-0.2, -0.15) is 0 Å². The molecule has 1 aliphatic heterocycles. The zero-order valence-electron chi connectivity index (χ0n) is 18.0. The molecule has 0 N–H and O–H groups in total. The van der Waals surface area contributed by atoms with Crippen LogP contribution in [0.3, 0.4) is 0 Å². The van der Waals surface area contributed by atoms with Crippen molar-refractivity contribution in [2.24, 2.45) is 5.41 Å². The van der Waals surface area contributed by atoms with Crippen molar-refractivity contribution in [2.45, 2.75) is 66.1 Å². The maximum Gasteiger partial charge on any atom is 0.340 e. The second kappa shape index (κ2) is 9.31. The lowest BCUT2D eigenvalue weighted by atomic mass is 9.82. The summed E-state index contributed by atoms with van der Waals surface area (Å²) in [6.07, 6.45) is 1.54. The van der Waals surface area contributed by atoms with E-state index in [2.05, 4.69) is 39.7 Å². The van der Waals surface area contributed by atoms with Gasteiger partial charge in [0.15, 0.2) is 12.4 Å². The number of esters is 1. The fourth-order valence-corrected chi connectivity index (χ4v) is 4.23. The molecule has 1 saturated heterocycles. The molecule has 2 rings (SSSR count). The fourth-order valence-electron chi connectivity index (χ4n) is 3.30. The first-order valence-corrected chi connectivity index (χ1v) is 11.0. The Kier molecular flexibility index (Phi) is 7.74. The van der Waals surface area contributed by atoms with Gasteiger partial charge in [-0.25, -0.2) is 9.78 Å². The van der Waals surface area contributed by atoms with Crippen LogP contribution >= 0.6 is 27.5 Å². The molecule has 0 spiro atoms. The average molecular weight is 490 g/mol. The van der Waals surface area contributed by atoms with E-state index in [1.54, 1.807) is 6.92 Å². The molecule has 0 amide bonds. The van der Waals surface area contributed by atoms with Crippen LogP contribution in [0.5, 0.6) is 0 Å². The predicted octanol–water partition coefficient (Wildman–Crippen LogP) is 5.36. The van der Waals surface area contributed by atoms with Gasteiger partial charge < -0.3 is 14.4 Å². The van der Waals surface area contributed by atoms with Gasteiger partial charge in [0, 0.05) is 13.1 Å². The number of aldehydes is 1. The third-order valence-electron chi connectivity index (χ3n) is 4.91. The molecule has 0 saturated carbocycles. The first-order valence-electron chi connectivity index (χ1n) is 9.83. The summed E-state index contributed by atoms with van der Waals surface area (Å²) in [5.41, 5.74) is 0.896. The van der Waals surface area contributed by atoms with Crippen molar-refractivity contribution < 1.29 is 19.1 Å². The maximum absolute atomic E-state index is 12.8. The molecule has 2 heterocycles. The first kappa shape index (κ1) is 24.1. The minimum Gasteiger partial charge on any atom is -0.464 e. The van der Waals surface area contributed by atoms with E-state index in [0.29, 0.717) is 22.0 Å². The highest BCUT2D eigenvalue weighted by Crippen LogP contribution is 2.44. The molecular weight excluding hydrogens is 460 g/mol. The maximum atomic E-state index is 12.8. The summed E-state index contributed by atoms with van der Waals surface area (Å²) in [5.74, 6) is -0.532. The van der Waals surface area contributed by atoms with Crippen LogP contribution in [0.25, 0.3) is 0 Å². The number of nitrogens with zero attached hydrogens (tertiary/aromatic N) is 2. The molecule has 1 aromatic heterocycles. The van der Waals surface area contributed by atoms with Gasteiger partial charge in [-0.05, 0) is 61.9 Å². The molecule has 1 fully saturated rings. The number of carbonyl (C=O) groups excluding carboxylic acids is 2. The van der Waals surface area contributed by atoms with Gasteiger partial charge in [-0.1, -0.05) is 25.4 Å². The quantitative estimate of drug-likeness (QED) is 0.304. The standard InChI is InChI=1S/C21H30BrClN2O4/c1-7-28-19(27)17(29-20(2,3)4)14-16(15(22)13(12-26)24-18(14)23)25-10-8-21(5,6)9-11-25/h12,17H,7-11H2,1-6H3/t17-/m0/s1. The number of pyridine rings is 1. The molecule has 1 aliphatic rings. The Balaban J connectivity index is 2.65. The van der Waals surface area contributed by atoms with E-state index in [0.717, 1.165) is 25.9 Å². The lowest BCUT2D eigenvalue weighted by Crippen LogP contribution is -2.39. The van der Waals surface area contributed by atoms with Crippen LogP contribution in [0.2, 0.25) is 5.15 Å². The molecule has 6 nitrogen and oxygen atoms in total. The Labute approximate surface area is 186 Å². The monoisotopic (exact) mass is 488 g/mol. The normalized spacial score (nSPS) is 17.7. The molecular formula is C21H30BrClN2O4. The van der Waals surface area contributed by atoms with E-state index in [1.165, 1.54) is 0 Å². The molecule has 29 heavy (non-hydrogen) atoms. The number of ether oxygens (including phenoxy) is 2. The van der Waals surface area contributed by atoms with Crippen molar-refractivity contribution in [3.8, 4) is 0 Å². The molecule has 0 unspecified atom stereocenters. The van der Waals surface area contributed by atoms with Gasteiger partial charge in [0.25, 0.3) is 0 Å². The van der Waals surface area contributed by atoms with Crippen LogP contribution in [0.15, 0.2) is 4.47 Å². The number of aromatic nitrogens is 1. The first-order chi connectivity index (χ1) is 13.4. The predicted molar refractivity (Wildman–Crippen MR) is 118 cm³/mol. The Morgan fingerprint density at radius 2 is 1.93 bits per heavy atom.